The van der Waals surface area contributed by atoms with Crippen molar-refractivity contribution in [3.05, 3.63) is 46.9 Å². The van der Waals surface area contributed by atoms with Gasteiger partial charge in [-0.15, -0.1) is 11.3 Å². The molecule has 2 aromatic rings. The number of nitrogens with zero attached hydrogens (tertiary/aromatic N) is 1. The van der Waals surface area contributed by atoms with Crippen molar-refractivity contribution in [1.29, 1.82) is 0 Å². The van der Waals surface area contributed by atoms with Crippen LogP contribution in [-0.4, -0.2) is 4.57 Å². The summed E-state index contributed by atoms with van der Waals surface area (Å²) in [7, 11) is 0. The largest absolute Gasteiger partial charge is 0.349 e. The van der Waals surface area contributed by atoms with Crippen LogP contribution in [0.3, 0.4) is 0 Å². The van der Waals surface area contributed by atoms with Crippen LogP contribution < -0.4 is 0 Å². The van der Waals surface area contributed by atoms with E-state index >= 15 is 0 Å². The summed E-state index contributed by atoms with van der Waals surface area (Å²) in [4.78, 5) is 1.40. The molecule has 0 amide bonds. The van der Waals surface area contributed by atoms with E-state index in [1.54, 1.807) is 11.3 Å². The summed E-state index contributed by atoms with van der Waals surface area (Å²) >= 11 is 1.80. The van der Waals surface area contributed by atoms with Crippen molar-refractivity contribution >= 4 is 11.3 Å². The van der Waals surface area contributed by atoms with Crippen molar-refractivity contribution in [3.8, 4) is 0 Å². The second kappa shape index (κ2) is 2.93. The Morgan fingerprint density at radius 2 is 2.00 bits per heavy atom. The first-order chi connectivity index (χ1) is 5.45. The third kappa shape index (κ3) is 1.52. The van der Waals surface area contributed by atoms with Crippen LogP contribution in [0.1, 0.15) is 4.88 Å². The standard InChI is InChI=1S/C9H9NS/c1-2-6-10(5-1)8-9-4-3-7-11-9/h1-7H,8H2. The van der Waals surface area contributed by atoms with E-state index in [9.17, 15) is 0 Å². The summed E-state index contributed by atoms with van der Waals surface area (Å²) in [6.07, 6.45) is 4.17. The quantitative estimate of drug-likeness (QED) is 0.641. The minimum Gasteiger partial charge on any atom is -0.349 e. The molecule has 0 unspecified atom stereocenters. The highest BCUT2D eigenvalue weighted by Crippen LogP contribution is 2.09. The van der Waals surface area contributed by atoms with Crippen LogP contribution in [0.15, 0.2) is 42.0 Å². The third-order valence-corrected chi connectivity index (χ3v) is 2.45. The summed E-state index contributed by atoms with van der Waals surface area (Å²) in [6, 6.07) is 8.34. The average Bonchev–Trinajstić information content (AvgIpc) is 2.60. The molecular weight excluding hydrogens is 154 g/mol. The first-order valence-electron chi connectivity index (χ1n) is 3.58. The van der Waals surface area contributed by atoms with Crippen molar-refractivity contribution in [1.82, 2.24) is 4.57 Å². The fourth-order valence-corrected chi connectivity index (χ4v) is 1.77. The summed E-state index contributed by atoms with van der Waals surface area (Å²) in [5.41, 5.74) is 0. The molecule has 2 rings (SSSR count). The van der Waals surface area contributed by atoms with E-state index in [1.807, 2.05) is 12.1 Å². The van der Waals surface area contributed by atoms with E-state index in [4.69, 9.17) is 0 Å². The molecule has 0 bridgehead atoms. The van der Waals surface area contributed by atoms with E-state index in [0.29, 0.717) is 0 Å². The molecule has 0 N–H and O–H groups in total. The Labute approximate surface area is 69.9 Å². The van der Waals surface area contributed by atoms with Gasteiger partial charge in [0.1, 0.15) is 0 Å². The molecule has 2 heteroatoms. The summed E-state index contributed by atoms with van der Waals surface area (Å²) in [6.45, 7) is 1.00. The van der Waals surface area contributed by atoms with Crippen LogP contribution in [0.2, 0.25) is 0 Å². The first kappa shape index (κ1) is 6.68. The zero-order chi connectivity index (χ0) is 7.52. The van der Waals surface area contributed by atoms with Gasteiger partial charge in [-0.1, -0.05) is 6.07 Å². The monoisotopic (exact) mass is 163 g/mol. The SMILES string of the molecule is c1csc(Cn2cccc2)c1. The molecule has 0 fully saturated rings. The number of thiophene rings is 1. The molecule has 0 aromatic carbocycles. The third-order valence-electron chi connectivity index (χ3n) is 1.58. The molecule has 0 spiro atoms. The fourth-order valence-electron chi connectivity index (χ4n) is 1.06. The maximum atomic E-state index is 2.17. The molecule has 0 radical (unpaired) electrons. The normalized spacial score (nSPS) is 10.2. The molecule has 0 atom stereocenters. The molecule has 11 heavy (non-hydrogen) atoms. The van der Waals surface area contributed by atoms with Crippen LogP contribution in [0, 0.1) is 0 Å². The van der Waals surface area contributed by atoms with E-state index in [-0.39, 0.29) is 0 Å². The summed E-state index contributed by atoms with van der Waals surface area (Å²) < 4.78 is 2.17. The van der Waals surface area contributed by atoms with Gasteiger partial charge in [-0.2, -0.15) is 0 Å². The number of hydrogen-bond donors (Lipinski definition) is 0. The van der Waals surface area contributed by atoms with Crippen LogP contribution in [0.5, 0.6) is 0 Å². The fraction of sp³-hybridized carbons (Fsp3) is 0.111. The van der Waals surface area contributed by atoms with E-state index in [2.05, 4.69) is 34.5 Å². The topological polar surface area (TPSA) is 4.93 Å². The minimum absolute atomic E-state index is 1.00. The van der Waals surface area contributed by atoms with Gasteiger partial charge >= 0.3 is 0 Å². The zero-order valence-corrected chi connectivity index (χ0v) is 6.92. The lowest BCUT2D eigenvalue weighted by Crippen LogP contribution is -1.92. The molecule has 0 aliphatic rings. The Kier molecular flexibility index (Phi) is 1.78. The predicted molar refractivity (Wildman–Crippen MR) is 47.9 cm³/mol. The molecule has 1 nitrogen and oxygen atoms in total. The number of hydrogen-bond acceptors (Lipinski definition) is 1. The Balaban J connectivity index is 2.14. The maximum absolute atomic E-state index is 2.17. The molecule has 56 valence electrons. The molecule has 0 aliphatic heterocycles. The van der Waals surface area contributed by atoms with E-state index < -0.39 is 0 Å². The van der Waals surface area contributed by atoms with Crippen molar-refractivity contribution in [2.45, 2.75) is 6.54 Å². The minimum atomic E-state index is 1.00. The Morgan fingerprint density at radius 3 is 2.64 bits per heavy atom. The predicted octanol–water partition coefficient (Wildman–Crippen LogP) is 2.60. The van der Waals surface area contributed by atoms with E-state index in [0.717, 1.165) is 6.54 Å². The molecule has 0 saturated heterocycles. The zero-order valence-electron chi connectivity index (χ0n) is 6.10. The van der Waals surface area contributed by atoms with Crippen LogP contribution >= 0.6 is 11.3 Å². The van der Waals surface area contributed by atoms with Crippen LogP contribution in [0.4, 0.5) is 0 Å². The van der Waals surface area contributed by atoms with Gasteiger partial charge in [-0.25, -0.2) is 0 Å². The highest BCUT2D eigenvalue weighted by atomic mass is 32.1. The lowest BCUT2D eigenvalue weighted by molar-refractivity contribution is 0.819. The Morgan fingerprint density at radius 1 is 1.18 bits per heavy atom. The molecule has 2 heterocycles. The van der Waals surface area contributed by atoms with Gasteiger partial charge in [0.2, 0.25) is 0 Å². The molecule has 2 aromatic heterocycles. The smallest absolute Gasteiger partial charge is 0.0563 e. The molecular formula is C9H9NS. The van der Waals surface area contributed by atoms with Gasteiger partial charge in [-0.3, -0.25) is 0 Å². The average molecular weight is 163 g/mol. The highest BCUT2D eigenvalue weighted by molar-refractivity contribution is 7.09. The van der Waals surface area contributed by atoms with Crippen molar-refractivity contribution < 1.29 is 0 Å². The Hall–Kier alpha value is -1.02. The number of rotatable bonds is 2. The van der Waals surface area contributed by atoms with Gasteiger partial charge < -0.3 is 4.57 Å². The first-order valence-corrected chi connectivity index (χ1v) is 4.46. The van der Waals surface area contributed by atoms with Gasteiger partial charge in [0, 0.05) is 17.3 Å². The molecule has 0 saturated carbocycles. The Bertz CT molecular complexity index is 262. The van der Waals surface area contributed by atoms with Gasteiger partial charge in [0.25, 0.3) is 0 Å². The molecule has 0 aliphatic carbocycles. The number of aromatic nitrogens is 1. The second-order valence-electron chi connectivity index (χ2n) is 2.43. The van der Waals surface area contributed by atoms with Gasteiger partial charge in [-0.05, 0) is 23.6 Å². The summed E-state index contributed by atoms with van der Waals surface area (Å²) in [5.74, 6) is 0. The van der Waals surface area contributed by atoms with Gasteiger partial charge in [0.15, 0.2) is 0 Å². The van der Waals surface area contributed by atoms with Crippen LogP contribution in [-0.2, 0) is 6.54 Å². The summed E-state index contributed by atoms with van der Waals surface area (Å²) in [5, 5.41) is 2.11. The second-order valence-corrected chi connectivity index (χ2v) is 3.47. The van der Waals surface area contributed by atoms with Crippen LogP contribution in [0.25, 0.3) is 0 Å². The van der Waals surface area contributed by atoms with Crippen molar-refractivity contribution in [3.63, 3.8) is 0 Å². The highest BCUT2D eigenvalue weighted by Gasteiger charge is 1.92. The lowest BCUT2D eigenvalue weighted by atomic mass is 10.5. The van der Waals surface area contributed by atoms with E-state index in [1.165, 1.54) is 4.88 Å². The van der Waals surface area contributed by atoms with Crippen molar-refractivity contribution in [2.24, 2.45) is 0 Å². The van der Waals surface area contributed by atoms with Gasteiger partial charge in [0.05, 0.1) is 6.54 Å². The maximum Gasteiger partial charge on any atom is 0.0563 e. The van der Waals surface area contributed by atoms with Crippen molar-refractivity contribution in [2.75, 3.05) is 0 Å². The lowest BCUT2D eigenvalue weighted by Gasteiger charge is -1.97.